The van der Waals surface area contributed by atoms with Crippen LogP contribution in [-0.2, 0) is 9.47 Å². The summed E-state index contributed by atoms with van der Waals surface area (Å²) >= 11 is 0. The lowest BCUT2D eigenvalue weighted by Crippen LogP contribution is -2.23. The van der Waals surface area contributed by atoms with E-state index in [9.17, 15) is 0 Å². The van der Waals surface area contributed by atoms with Gasteiger partial charge in [0.1, 0.15) is 0 Å². The number of ether oxygens (including phenoxy) is 2. The molecule has 0 spiro atoms. The zero-order chi connectivity index (χ0) is 10.1. The third-order valence-corrected chi connectivity index (χ3v) is 1.93. The van der Waals surface area contributed by atoms with Gasteiger partial charge in [0.15, 0.2) is 0 Å². The molecule has 0 aliphatic carbocycles. The molecule has 13 heavy (non-hydrogen) atoms. The maximum absolute atomic E-state index is 5.48. The molecule has 0 fully saturated rings. The molecular formula is C10H23NO2. The minimum atomic E-state index is 0.271. The summed E-state index contributed by atoms with van der Waals surface area (Å²) in [4.78, 5) is 2.11. The third-order valence-electron chi connectivity index (χ3n) is 1.93. The number of likely N-dealkylation sites (N-methyl/N-ethyl adjacent to an activating group) is 1. The van der Waals surface area contributed by atoms with Crippen molar-refractivity contribution in [3.05, 3.63) is 0 Å². The Hall–Kier alpha value is -0.120. The van der Waals surface area contributed by atoms with Crippen molar-refractivity contribution in [2.24, 2.45) is 0 Å². The minimum absolute atomic E-state index is 0.271. The molecule has 0 aromatic rings. The van der Waals surface area contributed by atoms with E-state index in [0.29, 0.717) is 0 Å². The molecule has 0 bridgehead atoms. The Morgan fingerprint density at radius 2 is 2.00 bits per heavy atom. The third kappa shape index (κ3) is 8.22. The lowest BCUT2D eigenvalue weighted by atomic mass is 10.2. The van der Waals surface area contributed by atoms with E-state index in [1.54, 1.807) is 7.11 Å². The highest BCUT2D eigenvalue weighted by Gasteiger charge is 2.05. The van der Waals surface area contributed by atoms with E-state index >= 15 is 0 Å². The molecule has 0 heterocycles. The highest BCUT2D eigenvalue weighted by Crippen LogP contribution is 2.00. The molecule has 0 aliphatic heterocycles. The zero-order valence-corrected chi connectivity index (χ0v) is 9.38. The van der Waals surface area contributed by atoms with Crippen LogP contribution in [0.1, 0.15) is 19.8 Å². The number of nitrogens with zero attached hydrogens (tertiary/aromatic N) is 1. The first-order chi connectivity index (χ1) is 6.20. The second-order valence-electron chi connectivity index (χ2n) is 3.52. The minimum Gasteiger partial charge on any atom is -0.379 e. The van der Waals surface area contributed by atoms with Crippen LogP contribution >= 0.6 is 0 Å². The average molecular weight is 189 g/mol. The van der Waals surface area contributed by atoms with Gasteiger partial charge in [-0.2, -0.15) is 0 Å². The van der Waals surface area contributed by atoms with Gasteiger partial charge in [-0.3, -0.25) is 0 Å². The lowest BCUT2D eigenvalue weighted by molar-refractivity contribution is 0.000849. The summed E-state index contributed by atoms with van der Waals surface area (Å²) < 4.78 is 10.7. The van der Waals surface area contributed by atoms with E-state index in [4.69, 9.17) is 9.47 Å². The molecule has 0 saturated heterocycles. The van der Waals surface area contributed by atoms with Crippen LogP contribution in [0.25, 0.3) is 0 Å². The number of hydrogen-bond donors (Lipinski definition) is 0. The molecule has 3 heteroatoms. The van der Waals surface area contributed by atoms with E-state index in [0.717, 1.165) is 32.6 Å². The van der Waals surface area contributed by atoms with Crippen molar-refractivity contribution in [2.75, 3.05) is 41.0 Å². The largest absolute Gasteiger partial charge is 0.379 e. The van der Waals surface area contributed by atoms with Gasteiger partial charge in [0.25, 0.3) is 0 Å². The van der Waals surface area contributed by atoms with Crippen molar-refractivity contribution < 1.29 is 9.47 Å². The molecule has 0 radical (unpaired) electrons. The fourth-order valence-corrected chi connectivity index (χ4v) is 1.05. The molecule has 0 aliphatic rings. The van der Waals surface area contributed by atoms with Gasteiger partial charge in [0.05, 0.1) is 19.3 Å². The first-order valence-electron chi connectivity index (χ1n) is 4.96. The fourth-order valence-electron chi connectivity index (χ4n) is 1.05. The van der Waals surface area contributed by atoms with Gasteiger partial charge >= 0.3 is 0 Å². The molecule has 0 amide bonds. The smallest absolute Gasteiger partial charge is 0.0804 e. The topological polar surface area (TPSA) is 21.7 Å². The van der Waals surface area contributed by atoms with Gasteiger partial charge in [-0.1, -0.05) is 13.3 Å². The van der Waals surface area contributed by atoms with E-state index in [1.807, 2.05) is 14.1 Å². The Bertz CT molecular complexity index is 107. The Morgan fingerprint density at radius 1 is 1.31 bits per heavy atom. The Balaban J connectivity index is 3.27. The van der Waals surface area contributed by atoms with Crippen molar-refractivity contribution in [2.45, 2.75) is 25.9 Å². The monoisotopic (exact) mass is 189 g/mol. The second kappa shape index (κ2) is 8.48. The van der Waals surface area contributed by atoms with Crippen molar-refractivity contribution in [3.63, 3.8) is 0 Å². The van der Waals surface area contributed by atoms with Crippen LogP contribution in [0.3, 0.4) is 0 Å². The van der Waals surface area contributed by atoms with E-state index in [1.165, 1.54) is 0 Å². The van der Waals surface area contributed by atoms with Gasteiger partial charge in [-0.05, 0) is 20.5 Å². The summed E-state index contributed by atoms with van der Waals surface area (Å²) in [5.41, 5.74) is 0. The molecule has 80 valence electrons. The fraction of sp³-hybridized carbons (Fsp3) is 1.00. The quantitative estimate of drug-likeness (QED) is 0.538. The maximum atomic E-state index is 5.48. The normalized spacial score (nSPS) is 13.6. The van der Waals surface area contributed by atoms with Crippen LogP contribution in [0.15, 0.2) is 0 Å². The van der Waals surface area contributed by atoms with Crippen LogP contribution in [0.5, 0.6) is 0 Å². The van der Waals surface area contributed by atoms with Crippen LogP contribution in [0.4, 0.5) is 0 Å². The van der Waals surface area contributed by atoms with E-state index in [2.05, 4.69) is 11.8 Å². The van der Waals surface area contributed by atoms with E-state index in [-0.39, 0.29) is 6.10 Å². The molecule has 1 unspecified atom stereocenters. The SMILES string of the molecule is CCCC(COCCN(C)C)OC. The predicted molar refractivity (Wildman–Crippen MR) is 55.1 cm³/mol. The number of rotatable bonds is 8. The maximum Gasteiger partial charge on any atom is 0.0804 e. The Morgan fingerprint density at radius 3 is 2.46 bits per heavy atom. The highest BCUT2D eigenvalue weighted by molar-refractivity contribution is 4.54. The molecule has 0 rings (SSSR count). The standard InChI is InChI=1S/C10H23NO2/c1-5-6-10(12-4)9-13-8-7-11(2)3/h10H,5-9H2,1-4H3. The predicted octanol–water partition coefficient (Wildman–Crippen LogP) is 1.38. The van der Waals surface area contributed by atoms with Gasteiger partial charge in [-0.25, -0.2) is 0 Å². The number of methoxy groups -OCH3 is 1. The summed E-state index contributed by atoms with van der Waals surface area (Å²) in [6, 6.07) is 0. The zero-order valence-electron chi connectivity index (χ0n) is 9.38. The van der Waals surface area contributed by atoms with Crippen LogP contribution in [0.2, 0.25) is 0 Å². The summed E-state index contributed by atoms with van der Waals surface area (Å²) in [6.45, 7) is 4.64. The molecule has 1 atom stereocenters. The molecule has 0 aromatic carbocycles. The van der Waals surface area contributed by atoms with Crippen LogP contribution < -0.4 is 0 Å². The van der Waals surface area contributed by atoms with Gasteiger partial charge in [0, 0.05) is 13.7 Å². The summed E-state index contributed by atoms with van der Waals surface area (Å²) in [5.74, 6) is 0. The molecule has 0 aromatic heterocycles. The number of hydrogen-bond acceptors (Lipinski definition) is 3. The van der Waals surface area contributed by atoms with Crippen molar-refractivity contribution in [1.82, 2.24) is 4.90 Å². The Labute approximate surface area is 82.0 Å². The van der Waals surface area contributed by atoms with Crippen molar-refractivity contribution in [3.8, 4) is 0 Å². The lowest BCUT2D eigenvalue weighted by Gasteiger charge is -2.15. The first kappa shape index (κ1) is 12.9. The average Bonchev–Trinajstić information content (AvgIpc) is 2.10. The van der Waals surface area contributed by atoms with Gasteiger partial charge in [-0.15, -0.1) is 0 Å². The highest BCUT2D eigenvalue weighted by atomic mass is 16.5. The van der Waals surface area contributed by atoms with Crippen LogP contribution in [-0.4, -0.2) is 52.0 Å². The first-order valence-corrected chi connectivity index (χ1v) is 4.96. The molecule has 3 nitrogen and oxygen atoms in total. The summed E-state index contributed by atoms with van der Waals surface area (Å²) in [5, 5.41) is 0. The van der Waals surface area contributed by atoms with Crippen molar-refractivity contribution in [1.29, 1.82) is 0 Å². The van der Waals surface area contributed by atoms with Crippen molar-refractivity contribution >= 4 is 0 Å². The van der Waals surface area contributed by atoms with Gasteiger partial charge < -0.3 is 14.4 Å². The molecule has 0 saturated carbocycles. The summed E-state index contributed by atoms with van der Waals surface area (Å²) in [7, 11) is 5.84. The van der Waals surface area contributed by atoms with E-state index < -0.39 is 0 Å². The molecule has 0 N–H and O–H groups in total. The van der Waals surface area contributed by atoms with Crippen LogP contribution in [0, 0.1) is 0 Å². The van der Waals surface area contributed by atoms with Gasteiger partial charge in [0.2, 0.25) is 0 Å². The molecular weight excluding hydrogens is 166 g/mol. The second-order valence-corrected chi connectivity index (χ2v) is 3.52. The summed E-state index contributed by atoms with van der Waals surface area (Å²) in [6.07, 6.45) is 2.50. The Kier molecular flexibility index (Phi) is 8.40.